The van der Waals surface area contributed by atoms with Crippen molar-refractivity contribution in [3.05, 3.63) is 134 Å². The monoisotopic (exact) mass is 1610 g/mol. The molecule has 3 rings (SSSR count). The number of aliphatic hydroxyl groups excluding tert-OH is 11. The molecular weight excluding hydrogens is 1440 g/mol. The van der Waals surface area contributed by atoms with Gasteiger partial charge in [-0.2, -0.15) is 0 Å². The number of unbranched alkanes of at least 4 members (excludes halogenated alkanes) is 36. The van der Waals surface area contributed by atoms with Crippen LogP contribution < -0.4 is 5.32 Å². The summed E-state index contributed by atoms with van der Waals surface area (Å²) in [4.78, 5) is 13.5. The van der Waals surface area contributed by atoms with Crippen molar-refractivity contribution in [2.75, 3.05) is 26.4 Å². The van der Waals surface area contributed by atoms with Crippen LogP contribution in [0.3, 0.4) is 0 Å². The SMILES string of the molecule is CC/C=C\C/C=C\C/C=C\C/C=C\C/C=C\C/C=C\C/C=C\C/C=C\C/C=C\CCCCCCCCCCCCCCCC(=O)NC(COC1OC(CO)C(OC2OC(CO)C(OC3OC(CO)C(O)C(O)C3O)C(O)C2O)C(O)C1O)C(O)/C=C/CC/C=C/CCCCCCCCCCCCCCCCCCCCCCCC. The Balaban J connectivity index is 1.33. The van der Waals surface area contributed by atoms with Crippen molar-refractivity contribution in [1.82, 2.24) is 5.32 Å². The van der Waals surface area contributed by atoms with Crippen LogP contribution in [0.5, 0.6) is 0 Å². The smallest absolute Gasteiger partial charge is 0.220 e. The molecule has 114 heavy (non-hydrogen) atoms. The Morgan fingerprint density at radius 1 is 0.325 bits per heavy atom. The fraction of sp³-hybridized carbons (Fsp3) is 0.758. The number of nitrogens with one attached hydrogen (secondary N) is 1. The lowest BCUT2D eigenvalue weighted by molar-refractivity contribution is -0.379. The molecule has 3 heterocycles. The minimum absolute atomic E-state index is 0.227. The second-order valence-corrected chi connectivity index (χ2v) is 31.7. The molecule has 3 aliphatic rings. The number of hydrogen-bond acceptors (Lipinski definition) is 18. The summed E-state index contributed by atoms with van der Waals surface area (Å²) in [5, 5.41) is 121. The Kier molecular flexibility index (Phi) is 66.6. The average Bonchev–Trinajstić information content (AvgIpc) is 0.782. The Morgan fingerprint density at radius 3 is 0.982 bits per heavy atom. The van der Waals surface area contributed by atoms with Crippen LogP contribution in [0.25, 0.3) is 0 Å². The molecule has 0 aromatic heterocycles. The zero-order valence-corrected chi connectivity index (χ0v) is 70.8. The predicted octanol–water partition coefficient (Wildman–Crippen LogP) is 17.6. The third-order valence-corrected chi connectivity index (χ3v) is 21.7. The van der Waals surface area contributed by atoms with Gasteiger partial charge < -0.3 is 89.9 Å². The molecular formula is C95H163NO18. The third kappa shape index (κ3) is 50.8. The molecule has 0 spiro atoms. The van der Waals surface area contributed by atoms with Crippen LogP contribution in [0.15, 0.2) is 134 Å². The maximum atomic E-state index is 13.5. The Morgan fingerprint density at radius 2 is 0.614 bits per heavy atom. The summed E-state index contributed by atoms with van der Waals surface area (Å²) in [5.41, 5.74) is 0. The third-order valence-electron chi connectivity index (χ3n) is 21.7. The molecule has 17 atom stereocenters. The molecule has 0 aromatic carbocycles. The molecule has 3 aliphatic heterocycles. The number of carbonyl (C=O) groups is 1. The van der Waals surface area contributed by atoms with E-state index in [1.165, 1.54) is 186 Å². The van der Waals surface area contributed by atoms with E-state index in [1.807, 2.05) is 6.08 Å². The van der Waals surface area contributed by atoms with E-state index in [-0.39, 0.29) is 18.9 Å². The number of ether oxygens (including phenoxy) is 6. The maximum absolute atomic E-state index is 13.5. The van der Waals surface area contributed by atoms with Gasteiger partial charge in [-0.15, -0.1) is 0 Å². The second-order valence-electron chi connectivity index (χ2n) is 31.7. The van der Waals surface area contributed by atoms with Crippen LogP contribution in [-0.2, 0) is 33.2 Å². The Labute approximate surface area is 690 Å². The van der Waals surface area contributed by atoms with Crippen molar-refractivity contribution in [2.24, 2.45) is 0 Å². The minimum atomic E-state index is -1.99. The normalized spacial score (nSPS) is 25.4. The fourth-order valence-corrected chi connectivity index (χ4v) is 14.5. The molecule has 0 saturated carbocycles. The van der Waals surface area contributed by atoms with Crippen LogP contribution in [0, 0.1) is 0 Å². The number of rotatable bonds is 72. The van der Waals surface area contributed by atoms with Gasteiger partial charge in [-0.25, -0.2) is 0 Å². The topological polar surface area (TPSA) is 307 Å². The van der Waals surface area contributed by atoms with Crippen molar-refractivity contribution in [3.8, 4) is 0 Å². The summed E-state index contributed by atoms with van der Waals surface area (Å²) in [7, 11) is 0. The van der Waals surface area contributed by atoms with Crippen molar-refractivity contribution in [3.63, 3.8) is 0 Å². The molecule has 19 heteroatoms. The first kappa shape index (κ1) is 104. The zero-order chi connectivity index (χ0) is 82.4. The molecule has 19 nitrogen and oxygen atoms in total. The van der Waals surface area contributed by atoms with Crippen molar-refractivity contribution >= 4 is 5.91 Å². The molecule has 17 unspecified atom stereocenters. The highest BCUT2D eigenvalue weighted by Gasteiger charge is 2.54. The van der Waals surface area contributed by atoms with E-state index in [9.17, 15) is 61.0 Å². The van der Waals surface area contributed by atoms with Crippen LogP contribution in [0.1, 0.15) is 328 Å². The molecule has 0 radical (unpaired) electrons. The molecule has 3 fully saturated rings. The van der Waals surface area contributed by atoms with E-state index in [1.54, 1.807) is 6.08 Å². The first-order valence-corrected chi connectivity index (χ1v) is 45.4. The van der Waals surface area contributed by atoms with E-state index >= 15 is 0 Å². The molecule has 0 aliphatic carbocycles. The predicted molar refractivity (Wildman–Crippen MR) is 461 cm³/mol. The van der Waals surface area contributed by atoms with Gasteiger partial charge in [0, 0.05) is 6.42 Å². The van der Waals surface area contributed by atoms with Gasteiger partial charge in [0.05, 0.1) is 38.6 Å². The highest BCUT2D eigenvalue weighted by molar-refractivity contribution is 5.76. The fourth-order valence-electron chi connectivity index (χ4n) is 14.5. The van der Waals surface area contributed by atoms with Crippen molar-refractivity contribution in [1.29, 1.82) is 0 Å². The average molecular weight is 1610 g/mol. The van der Waals surface area contributed by atoms with Gasteiger partial charge in [0.25, 0.3) is 0 Å². The number of hydrogen-bond donors (Lipinski definition) is 12. The number of carbonyl (C=O) groups excluding carboxylic acids is 1. The zero-order valence-electron chi connectivity index (χ0n) is 70.8. The lowest BCUT2D eigenvalue weighted by Gasteiger charge is -2.48. The van der Waals surface area contributed by atoms with Crippen LogP contribution in [0.2, 0.25) is 0 Å². The van der Waals surface area contributed by atoms with Gasteiger partial charge in [0.1, 0.15) is 73.2 Å². The van der Waals surface area contributed by atoms with E-state index in [0.717, 1.165) is 109 Å². The van der Waals surface area contributed by atoms with Gasteiger partial charge in [-0.3, -0.25) is 4.79 Å². The van der Waals surface area contributed by atoms with Gasteiger partial charge in [-0.1, -0.05) is 353 Å². The molecule has 0 bridgehead atoms. The standard InChI is InChI=1S/C95H163NO18/c1-3-5-7-9-11-13-15-17-19-21-23-25-27-29-31-33-34-35-36-37-38-39-40-41-42-43-44-45-47-49-51-53-55-57-59-61-63-65-67-69-71-73-83(101)96-78(79(100)72-70-68-66-64-62-60-58-56-54-52-50-48-46-32-30-28-26-24-22-20-18-16-14-12-10-8-6-4-2)77-109-93-89(107)86(104)91(81(75-98)111-93)114-95-90(108)87(105)92(82(76-99)112-95)113-94-88(106)85(103)84(102)80(74-97)110-94/h5,7,11,13,17,19,23,25,29,31,34-35,37-38,40-41,43-44,62,64,70,72,78-82,84-95,97-100,102-108H,3-4,6,8-10,12,14-16,18,20-22,24,26-28,30,32-33,36,39,42,45-61,63,65-69,71,73-77H2,1-2H3,(H,96,101)/b7-5-,13-11-,19-17-,25-23-,31-29-,35-34-,38-37-,41-40-,44-43-,64-62+,72-70+. The molecule has 1 amide bonds. The summed E-state index contributed by atoms with van der Waals surface area (Å²) in [6.45, 7) is 1.63. The quantitative estimate of drug-likeness (QED) is 0.0199. The summed E-state index contributed by atoms with van der Waals surface area (Å²) in [5.74, 6) is -0.288. The van der Waals surface area contributed by atoms with Crippen LogP contribution in [-0.4, -0.2) is 193 Å². The first-order chi connectivity index (χ1) is 55.8. The summed E-state index contributed by atoms with van der Waals surface area (Å²) < 4.78 is 34.5. The van der Waals surface area contributed by atoms with E-state index < -0.39 is 124 Å². The highest BCUT2D eigenvalue weighted by atomic mass is 16.8. The van der Waals surface area contributed by atoms with Crippen LogP contribution >= 0.6 is 0 Å². The molecule has 12 N–H and O–H groups in total. The number of amides is 1. The van der Waals surface area contributed by atoms with Gasteiger partial charge in [0.2, 0.25) is 5.91 Å². The minimum Gasteiger partial charge on any atom is -0.394 e. The van der Waals surface area contributed by atoms with Gasteiger partial charge in [-0.05, 0) is 103 Å². The Bertz CT molecular complexity index is 2580. The lowest BCUT2D eigenvalue weighted by atomic mass is 9.96. The molecule has 656 valence electrons. The number of allylic oxidation sites excluding steroid dienone is 21. The van der Waals surface area contributed by atoms with E-state index in [0.29, 0.717) is 12.8 Å². The first-order valence-electron chi connectivity index (χ1n) is 45.4. The molecule has 3 saturated heterocycles. The van der Waals surface area contributed by atoms with E-state index in [2.05, 4.69) is 141 Å². The maximum Gasteiger partial charge on any atom is 0.220 e. The largest absolute Gasteiger partial charge is 0.394 e. The van der Waals surface area contributed by atoms with Crippen molar-refractivity contribution < 1.29 is 89.4 Å². The van der Waals surface area contributed by atoms with Gasteiger partial charge >= 0.3 is 0 Å². The summed E-state index contributed by atoms with van der Waals surface area (Å²) >= 11 is 0. The lowest BCUT2D eigenvalue weighted by Crippen LogP contribution is -2.66. The highest BCUT2D eigenvalue weighted by Crippen LogP contribution is 2.33. The Hall–Kier alpha value is -4.07. The second kappa shape index (κ2) is 72.9. The van der Waals surface area contributed by atoms with Gasteiger partial charge in [0.15, 0.2) is 18.9 Å². The summed E-state index contributed by atoms with van der Waals surface area (Å²) in [6, 6.07) is -1.00. The van der Waals surface area contributed by atoms with E-state index in [4.69, 9.17) is 28.4 Å². The molecule has 0 aromatic rings. The number of aliphatic hydroxyl groups is 11. The summed E-state index contributed by atoms with van der Waals surface area (Å²) in [6.07, 6.45) is 78.8. The van der Waals surface area contributed by atoms with Crippen LogP contribution in [0.4, 0.5) is 0 Å². The van der Waals surface area contributed by atoms with Crippen molar-refractivity contribution in [2.45, 2.75) is 433 Å².